The van der Waals surface area contributed by atoms with Gasteiger partial charge >= 0.3 is 0 Å². The van der Waals surface area contributed by atoms with Crippen LogP contribution in [0.15, 0.2) is 59.5 Å². The van der Waals surface area contributed by atoms with Gasteiger partial charge in [0.05, 0.1) is 6.04 Å². The van der Waals surface area contributed by atoms with Gasteiger partial charge in [-0.15, -0.1) is 11.8 Å². The van der Waals surface area contributed by atoms with Crippen LogP contribution in [0.2, 0.25) is 0 Å². The molecule has 2 aromatic rings. The highest BCUT2D eigenvalue weighted by molar-refractivity contribution is 7.99. The summed E-state index contributed by atoms with van der Waals surface area (Å²) in [5, 5.41) is 3.53. The first-order chi connectivity index (χ1) is 11.3. The quantitative estimate of drug-likeness (QED) is 0.538. The molecular weight excluding hydrogens is 309 g/mol. The molecule has 0 aliphatic carbocycles. The fourth-order valence-electron chi connectivity index (χ4n) is 2.80. The van der Waals surface area contributed by atoms with Crippen molar-refractivity contribution in [1.82, 2.24) is 16.2 Å². The minimum atomic E-state index is -0.188. The summed E-state index contributed by atoms with van der Waals surface area (Å²) >= 11 is 1.87. The lowest BCUT2D eigenvalue weighted by Crippen LogP contribution is -2.30. The van der Waals surface area contributed by atoms with E-state index in [0.29, 0.717) is 5.92 Å². The van der Waals surface area contributed by atoms with Crippen molar-refractivity contribution < 1.29 is 4.39 Å². The summed E-state index contributed by atoms with van der Waals surface area (Å²) in [5.74, 6) is 1.33. The zero-order valence-corrected chi connectivity index (χ0v) is 13.8. The number of hydrazine groups is 1. The molecule has 0 spiro atoms. The number of halogens is 1. The first-order valence-corrected chi connectivity index (χ1v) is 8.94. The van der Waals surface area contributed by atoms with Gasteiger partial charge in [0, 0.05) is 36.2 Å². The molecule has 2 unspecified atom stereocenters. The predicted octanol–water partition coefficient (Wildman–Crippen LogP) is 2.97. The molecule has 1 aliphatic heterocycles. The maximum absolute atomic E-state index is 13.0. The fourth-order valence-corrected chi connectivity index (χ4v) is 3.63. The molecule has 0 aromatic heterocycles. The third-order valence-electron chi connectivity index (χ3n) is 4.02. The van der Waals surface area contributed by atoms with Gasteiger partial charge in [-0.3, -0.25) is 5.43 Å². The fraction of sp³-hybridized carbons (Fsp3) is 0.333. The van der Waals surface area contributed by atoms with Crippen LogP contribution in [0.3, 0.4) is 0 Å². The molecule has 1 saturated heterocycles. The van der Waals surface area contributed by atoms with Crippen molar-refractivity contribution in [1.29, 1.82) is 0 Å². The van der Waals surface area contributed by atoms with E-state index in [1.165, 1.54) is 17.0 Å². The van der Waals surface area contributed by atoms with Crippen LogP contribution < -0.4 is 16.2 Å². The summed E-state index contributed by atoms with van der Waals surface area (Å²) < 4.78 is 13.0. The Morgan fingerprint density at radius 3 is 2.65 bits per heavy atom. The maximum atomic E-state index is 13.0. The Hall–Kier alpha value is -1.40. The van der Waals surface area contributed by atoms with Gasteiger partial charge in [-0.1, -0.05) is 30.3 Å². The molecule has 122 valence electrons. The maximum Gasteiger partial charge on any atom is 0.123 e. The number of benzene rings is 2. The van der Waals surface area contributed by atoms with E-state index in [9.17, 15) is 4.39 Å². The monoisotopic (exact) mass is 331 g/mol. The molecule has 0 amide bonds. The lowest BCUT2D eigenvalue weighted by molar-refractivity contribution is 0.447. The first-order valence-electron chi connectivity index (χ1n) is 7.95. The molecule has 3 N–H and O–H groups in total. The number of rotatable bonds is 7. The highest BCUT2D eigenvalue weighted by Crippen LogP contribution is 2.24. The molecular formula is C18H22FN3S. The summed E-state index contributed by atoms with van der Waals surface area (Å²) in [6.45, 7) is 2.84. The molecule has 2 atom stereocenters. The van der Waals surface area contributed by atoms with E-state index in [1.807, 2.05) is 30.0 Å². The Morgan fingerprint density at radius 1 is 1.09 bits per heavy atom. The van der Waals surface area contributed by atoms with Crippen molar-refractivity contribution in [3.05, 3.63) is 66.0 Å². The lowest BCUT2D eigenvalue weighted by Gasteiger charge is -2.19. The van der Waals surface area contributed by atoms with Crippen LogP contribution in [-0.2, 0) is 0 Å². The van der Waals surface area contributed by atoms with E-state index in [4.69, 9.17) is 0 Å². The van der Waals surface area contributed by atoms with Gasteiger partial charge in [0.2, 0.25) is 0 Å². The van der Waals surface area contributed by atoms with Crippen molar-refractivity contribution in [2.24, 2.45) is 5.92 Å². The second-order valence-corrected chi connectivity index (χ2v) is 6.85. The molecule has 2 aromatic carbocycles. The average molecular weight is 331 g/mol. The predicted molar refractivity (Wildman–Crippen MR) is 93.8 cm³/mol. The highest BCUT2D eigenvalue weighted by Gasteiger charge is 2.27. The number of hydrogen-bond donors (Lipinski definition) is 3. The number of thioether (sulfide) groups is 1. The summed E-state index contributed by atoms with van der Waals surface area (Å²) in [5.41, 5.74) is 7.63. The molecule has 5 heteroatoms. The van der Waals surface area contributed by atoms with Crippen LogP contribution in [0.1, 0.15) is 11.6 Å². The minimum absolute atomic E-state index is 0.188. The lowest BCUT2D eigenvalue weighted by atomic mass is 9.95. The molecule has 1 heterocycles. The van der Waals surface area contributed by atoms with E-state index in [0.717, 1.165) is 31.0 Å². The van der Waals surface area contributed by atoms with Crippen molar-refractivity contribution in [3.63, 3.8) is 0 Å². The van der Waals surface area contributed by atoms with E-state index >= 15 is 0 Å². The summed E-state index contributed by atoms with van der Waals surface area (Å²) in [4.78, 5) is 1.31. The topological polar surface area (TPSA) is 36.1 Å². The van der Waals surface area contributed by atoms with Gasteiger partial charge in [-0.05, 0) is 29.8 Å². The van der Waals surface area contributed by atoms with Gasteiger partial charge in [-0.2, -0.15) is 0 Å². The molecule has 1 fully saturated rings. The van der Waals surface area contributed by atoms with Crippen LogP contribution in [0.5, 0.6) is 0 Å². The van der Waals surface area contributed by atoms with E-state index in [1.54, 1.807) is 0 Å². The summed E-state index contributed by atoms with van der Waals surface area (Å²) in [7, 11) is 0. The minimum Gasteiger partial charge on any atom is -0.316 e. The number of hydrogen-bond acceptors (Lipinski definition) is 4. The van der Waals surface area contributed by atoms with Crippen LogP contribution >= 0.6 is 11.8 Å². The zero-order valence-electron chi connectivity index (χ0n) is 13.0. The average Bonchev–Trinajstić information content (AvgIpc) is 3.05. The van der Waals surface area contributed by atoms with Crippen LogP contribution in [0, 0.1) is 11.7 Å². The molecule has 0 radical (unpaired) electrons. The molecule has 3 nitrogen and oxygen atoms in total. The summed E-state index contributed by atoms with van der Waals surface area (Å²) in [6, 6.07) is 17.4. The largest absolute Gasteiger partial charge is 0.316 e. The molecule has 0 saturated carbocycles. The second kappa shape index (κ2) is 8.45. The molecule has 3 rings (SSSR count). The van der Waals surface area contributed by atoms with Gasteiger partial charge < -0.3 is 5.32 Å². The van der Waals surface area contributed by atoms with Crippen molar-refractivity contribution in [2.75, 3.05) is 25.4 Å². The Bertz CT molecular complexity index is 591. The van der Waals surface area contributed by atoms with E-state index in [-0.39, 0.29) is 11.9 Å². The SMILES string of the molecule is Fc1ccc(C2NNCC2CNCCSc2ccccc2)cc1. The Kier molecular flexibility index (Phi) is 6.05. The van der Waals surface area contributed by atoms with Crippen molar-refractivity contribution >= 4 is 11.8 Å². The van der Waals surface area contributed by atoms with Gasteiger partial charge in [0.1, 0.15) is 5.82 Å². The van der Waals surface area contributed by atoms with E-state index in [2.05, 4.69) is 40.4 Å². The normalized spacial score (nSPS) is 20.7. The van der Waals surface area contributed by atoms with Gasteiger partial charge in [0.25, 0.3) is 0 Å². The zero-order chi connectivity index (χ0) is 15.9. The van der Waals surface area contributed by atoms with Crippen molar-refractivity contribution in [3.8, 4) is 0 Å². The van der Waals surface area contributed by atoms with Gasteiger partial charge in [-0.25, -0.2) is 9.82 Å². The molecule has 0 bridgehead atoms. The van der Waals surface area contributed by atoms with Crippen LogP contribution in [0.4, 0.5) is 4.39 Å². The molecule has 1 aliphatic rings. The second-order valence-electron chi connectivity index (χ2n) is 5.68. The number of nitrogens with one attached hydrogen (secondary N) is 3. The van der Waals surface area contributed by atoms with Gasteiger partial charge in [0.15, 0.2) is 0 Å². The van der Waals surface area contributed by atoms with Crippen LogP contribution in [0.25, 0.3) is 0 Å². The third-order valence-corrected chi connectivity index (χ3v) is 5.03. The highest BCUT2D eigenvalue weighted by atomic mass is 32.2. The Morgan fingerprint density at radius 2 is 1.87 bits per heavy atom. The summed E-state index contributed by atoms with van der Waals surface area (Å²) in [6.07, 6.45) is 0. The Labute approximate surface area is 141 Å². The Balaban J connectivity index is 1.41. The first kappa shape index (κ1) is 16.5. The third kappa shape index (κ3) is 4.78. The standard InChI is InChI=1S/C18H22FN3S/c19-16-8-6-14(7-9-16)18-15(13-21-22-18)12-20-10-11-23-17-4-2-1-3-5-17/h1-9,15,18,20-22H,10-13H2. The van der Waals surface area contributed by atoms with Crippen LogP contribution in [-0.4, -0.2) is 25.4 Å². The van der Waals surface area contributed by atoms with Crippen molar-refractivity contribution in [2.45, 2.75) is 10.9 Å². The molecule has 23 heavy (non-hydrogen) atoms. The smallest absolute Gasteiger partial charge is 0.123 e. The van der Waals surface area contributed by atoms with E-state index < -0.39 is 0 Å².